The van der Waals surface area contributed by atoms with Crippen molar-refractivity contribution in [3.63, 3.8) is 0 Å². The molecule has 2 aromatic carbocycles. The molecule has 3 rings (SSSR count). The maximum absolute atomic E-state index is 13.0. The Balaban J connectivity index is 1.46. The number of carbonyl (C=O) groups is 1. The van der Waals surface area contributed by atoms with Gasteiger partial charge in [-0.2, -0.15) is 0 Å². The first-order valence-corrected chi connectivity index (χ1v) is 9.26. The van der Waals surface area contributed by atoms with Gasteiger partial charge in [-0.1, -0.05) is 24.3 Å². The van der Waals surface area contributed by atoms with E-state index in [0.717, 1.165) is 38.3 Å². The van der Waals surface area contributed by atoms with Crippen LogP contribution in [0.25, 0.3) is 0 Å². The fraction of sp³-hybridized carbons (Fsp3) is 0.381. The number of benzene rings is 2. The third kappa shape index (κ3) is 5.44. The molecule has 1 amide bonds. The molecule has 144 valence electrons. The predicted molar refractivity (Wildman–Crippen MR) is 105 cm³/mol. The Morgan fingerprint density at radius 1 is 1.00 bits per heavy atom. The predicted octanol–water partition coefficient (Wildman–Crippen LogP) is 3.30. The van der Waals surface area contributed by atoms with Crippen LogP contribution in [0.5, 0.6) is 0 Å². The summed E-state index contributed by atoms with van der Waals surface area (Å²) in [6.45, 7) is 4.41. The Bertz CT molecular complexity index is 741. The second-order valence-corrected chi connectivity index (χ2v) is 7.01. The smallest absolute Gasteiger partial charge is 0.407 e. The Morgan fingerprint density at radius 2 is 1.59 bits per heavy atom. The Hall–Kier alpha value is -2.60. The molecule has 6 heteroatoms. The van der Waals surface area contributed by atoms with Gasteiger partial charge in [0, 0.05) is 52.0 Å². The molecule has 0 unspecified atom stereocenters. The molecule has 5 nitrogen and oxygen atoms in total. The maximum Gasteiger partial charge on any atom is 0.407 e. The van der Waals surface area contributed by atoms with E-state index in [4.69, 9.17) is 5.11 Å². The zero-order valence-corrected chi connectivity index (χ0v) is 15.6. The molecule has 0 radical (unpaired) electrons. The highest BCUT2D eigenvalue weighted by molar-refractivity contribution is 5.65. The van der Waals surface area contributed by atoms with Crippen molar-refractivity contribution in [2.45, 2.75) is 13.0 Å². The first-order valence-electron chi connectivity index (χ1n) is 9.26. The molecule has 27 heavy (non-hydrogen) atoms. The molecule has 1 aliphatic rings. The number of piperazine rings is 1. The van der Waals surface area contributed by atoms with Crippen molar-refractivity contribution in [1.82, 2.24) is 9.80 Å². The van der Waals surface area contributed by atoms with Gasteiger partial charge in [-0.15, -0.1) is 0 Å². The zero-order chi connectivity index (χ0) is 19.2. The minimum atomic E-state index is -0.829. The van der Waals surface area contributed by atoms with E-state index in [2.05, 4.69) is 34.1 Å². The van der Waals surface area contributed by atoms with Gasteiger partial charge in [0.25, 0.3) is 0 Å². The third-order valence-corrected chi connectivity index (χ3v) is 5.08. The molecule has 0 bridgehead atoms. The van der Waals surface area contributed by atoms with E-state index in [9.17, 15) is 9.18 Å². The summed E-state index contributed by atoms with van der Waals surface area (Å²) in [4.78, 5) is 16.8. The van der Waals surface area contributed by atoms with E-state index in [-0.39, 0.29) is 5.82 Å². The van der Waals surface area contributed by atoms with Gasteiger partial charge in [0.2, 0.25) is 0 Å². The van der Waals surface area contributed by atoms with E-state index in [1.807, 2.05) is 7.05 Å². The van der Waals surface area contributed by atoms with Crippen molar-refractivity contribution in [3.8, 4) is 0 Å². The van der Waals surface area contributed by atoms with Gasteiger partial charge in [0.15, 0.2) is 0 Å². The minimum absolute atomic E-state index is 0.216. The van der Waals surface area contributed by atoms with Gasteiger partial charge in [-0.05, 0) is 41.8 Å². The highest BCUT2D eigenvalue weighted by atomic mass is 19.1. The van der Waals surface area contributed by atoms with Crippen LogP contribution in [0, 0.1) is 5.82 Å². The first kappa shape index (κ1) is 19.2. The molecule has 1 fully saturated rings. The molecule has 1 N–H and O–H groups in total. The SMILES string of the molecule is CN(CCc1ccc(CN2CCN(C(=O)O)CC2)cc1)c1ccc(F)cc1. The molecule has 0 aliphatic carbocycles. The second-order valence-electron chi connectivity index (χ2n) is 7.01. The largest absolute Gasteiger partial charge is 0.465 e. The molecule has 1 aliphatic heterocycles. The number of halogens is 1. The fourth-order valence-corrected chi connectivity index (χ4v) is 3.29. The number of anilines is 1. The second kappa shape index (κ2) is 8.86. The standard InChI is InChI=1S/C21H26FN3O2/c1-23(20-8-6-19(22)7-9-20)11-10-17-2-4-18(5-3-17)16-24-12-14-25(15-13-24)21(26)27/h2-9H,10-16H2,1H3,(H,26,27). The lowest BCUT2D eigenvalue weighted by molar-refractivity contribution is 0.103. The van der Waals surface area contributed by atoms with Crippen LogP contribution in [0.4, 0.5) is 14.9 Å². The molecular weight excluding hydrogens is 345 g/mol. The van der Waals surface area contributed by atoms with Crippen molar-refractivity contribution >= 4 is 11.8 Å². The Kier molecular flexibility index (Phi) is 6.29. The Morgan fingerprint density at radius 3 is 2.19 bits per heavy atom. The van der Waals surface area contributed by atoms with E-state index in [1.165, 1.54) is 28.2 Å². The molecule has 2 aromatic rings. The van der Waals surface area contributed by atoms with Crippen molar-refractivity contribution in [2.75, 3.05) is 44.7 Å². The van der Waals surface area contributed by atoms with E-state index >= 15 is 0 Å². The summed E-state index contributed by atoms with van der Waals surface area (Å²) >= 11 is 0. The van der Waals surface area contributed by atoms with Crippen LogP contribution >= 0.6 is 0 Å². The molecule has 1 heterocycles. The zero-order valence-electron chi connectivity index (χ0n) is 15.6. The summed E-state index contributed by atoms with van der Waals surface area (Å²) in [5.74, 6) is -0.216. The summed E-state index contributed by atoms with van der Waals surface area (Å²) in [6, 6.07) is 15.2. The highest BCUT2D eigenvalue weighted by Crippen LogP contribution is 2.15. The summed E-state index contributed by atoms with van der Waals surface area (Å²) in [7, 11) is 2.01. The molecule has 0 spiro atoms. The van der Waals surface area contributed by atoms with Crippen LogP contribution in [0.1, 0.15) is 11.1 Å². The number of nitrogens with zero attached hydrogens (tertiary/aromatic N) is 3. The van der Waals surface area contributed by atoms with Crippen molar-refractivity contribution in [3.05, 3.63) is 65.5 Å². The van der Waals surface area contributed by atoms with Gasteiger partial charge in [-0.3, -0.25) is 4.90 Å². The van der Waals surface area contributed by atoms with E-state index in [1.54, 1.807) is 12.1 Å². The average molecular weight is 371 g/mol. The van der Waals surface area contributed by atoms with Gasteiger partial charge < -0.3 is 14.9 Å². The fourth-order valence-electron chi connectivity index (χ4n) is 3.29. The molecule has 0 atom stereocenters. The Labute approximate surface area is 159 Å². The summed E-state index contributed by atoms with van der Waals surface area (Å²) in [5, 5.41) is 9.01. The third-order valence-electron chi connectivity index (χ3n) is 5.08. The number of likely N-dealkylation sites (N-methyl/N-ethyl adjacent to an activating group) is 1. The molecule has 0 aromatic heterocycles. The quantitative estimate of drug-likeness (QED) is 0.846. The molecular formula is C21H26FN3O2. The van der Waals surface area contributed by atoms with Crippen LogP contribution in [0.2, 0.25) is 0 Å². The van der Waals surface area contributed by atoms with Crippen LogP contribution < -0.4 is 4.90 Å². The maximum atomic E-state index is 13.0. The number of carboxylic acid groups (broad SMARTS) is 1. The number of hydrogen-bond acceptors (Lipinski definition) is 3. The van der Waals surface area contributed by atoms with Crippen LogP contribution in [-0.4, -0.2) is 60.8 Å². The monoisotopic (exact) mass is 371 g/mol. The van der Waals surface area contributed by atoms with E-state index in [0.29, 0.717) is 13.1 Å². The number of rotatable bonds is 6. The highest BCUT2D eigenvalue weighted by Gasteiger charge is 2.20. The minimum Gasteiger partial charge on any atom is -0.465 e. The average Bonchev–Trinajstić information content (AvgIpc) is 2.68. The number of hydrogen-bond donors (Lipinski definition) is 1. The van der Waals surface area contributed by atoms with Gasteiger partial charge in [-0.25, -0.2) is 9.18 Å². The van der Waals surface area contributed by atoms with Gasteiger partial charge >= 0.3 is 6.09 Å². The van der Waals surface area contributed by atoms with Crippen molar-refractivity contribution < 1.29 is 14.3 Å². The molecule has 0 saturated carbocycles. The van der Waals surface area contributed by atoms with Gasteiger partial charge in [0.1, 0.15) is 5.82 Å². The van der Waals surface area contributed by atoms with Gasteiger partial charge in [0.05, 0.1) is 0 Å². The normalized spacial score (nSPS) is 15.0. The lowest BCUT2D eigenvalue weighted by Crippen LogP contribution is -2.47. The first-order chi connectivity index (χ1) is 13.0. The van der Waals surface area contributed by atoms with Crippen LogP contribution in [0.15, 0.2) is 48.5 Å². The van der Waals surface area contributed by atoms with Crippen LogP contribution in [0.3, 0.4) is 0 Å². The summed E-state index contributed by atoms with van der Waals surface area (Å²) in [5.41, 5.74) is 3.52. The summed E-state index contributed by atoms with van der Waals surface area (Å²) in [6.07, 6.45) is 0.0930. The van der Waals surface area contributed by atoms with Crippen LogP contribution in [-0.2, 0) is 13.0 Å². The van der Waals surface area contributed by atoms with E-state index < -0.39 is 6.09 Å². The number of amides is 1. The topological polar surface area (TPSA) is 47.0 Å². The lowest BCUT2D eigenvalue weighted by atomic mass is 10.1. The lowest BCUT2D eigenvalue weighted by Gasteiger charge is -2.33. The summed E-state index contributed by atoms with van der Waals surface area (Å²) < 4.78 is 13.0. The molecule has 1 saturated heterocycles. The van der Waals surface area contributed by atoms with Crippen molar-refractivity contribution in [2.24, 2.45) is 0 Å². The van der Waals surface area contributed by atoms with Crippen molar-refractivity contribution in [1.29, 1.82) is 0 Å².